The Balaban J connectivity index is 1.90. The van der Waals surface area contributed by atoms with Gasteiger partial charge in [0, 0.05) is 30.8 Å². The third kappa shape index (κ3) is 4.25. The molecule has 1 saturated heterocycles. The van der Waals surface area contributed by atoms with Crippen molar-refractivity contribution in [3.05, 3.63) is 74.8 Å². The van der Waals surface area contributed by atoms with E-state index in [-0.39, 0.29) is 22.2 Å². The van der Waals surface area contributed by atoms with Gasteiger partial charge in [-0.05, 0) is 18.9 Å². The number of carbonyl (C=O) groups is 2. The van der Waals surface area contributed by atoms with Gasteiger partial charge >= 0.3 is 5.97 Å². The Morgan fingerprint density at radius 2 is 1.78 bits per heavy atom. The van der Waals surface area contributed by atoms with Crippen molar-refractivity contribution in [2.75, 3.05) is 13.1 Å². The average Bonchev–Trinajstić information content (AvgIpc) is 3.21. The highest BCUT2D eigenvalue weighted by Crippen LogP contribution is 2.27. The summed E-state index contributed by atoms with van der Waals surface area (Å²) in [4.78, 5) is 37.5. The Morgan fingerprint density at radius 1 is 1.11 bits per heavy atom. The van der Waals surface area contributed by atoms with Crippen molar-refractivity contribution < 1.29 is 19.2 Å². The Hall–Kier alpha value is -2.93. The molecule has 1 fully saturated rings. The number of esters is 1. The molecule has 140 valence electrons. The SMILES string of the molecule is O=C(OC(C(=O)N1CCCC1)c1ccccc1)c1cc([N+](=O)[O-])ccc1Cl. The van der Waals surface area contributed by atoms with Crippen LogP contribution >= 0.6 is 11.6 Å². The summed E-state index contributed by atoms with van der Waals surface area (Å²) in [6.45, 7) is 1.22. The van der Waals surface area contributed by atoms with Crippen molar-refractivity contribution in [1.29, 1.82) is 0 Å². The first-order valence-corrected chi connectivity index (χ1v) is 8.84. The van der Waals surface area contributed by atoms with E-state index in [9.17, 15) is 19.7 Å². The van der Waals surface area contributed by atoms with Gasteiger partial charge in [0.15, 0.2) is 0 Å². The second-order valence-electron chi connectivity index (χ2n) is 6.15. The summed E-state index contributed by atoms with van der Waals surface area (Å²) in [6.07, 6.45) is 0.669. The Labute approximate surface area is 160 Å². The fourth-order valence-corrected chi connectivity index (χ4v) is 3.14. The first-order valence-electron chi connectivity index (χ1n) is 8.46. The molecule has 2 aromatic carbocycles. The highest BCUT2D eigenvalue weighted by molar-refractivity contribution is 6.33. The third-order valence-electron chi connectivity index (χ3n) is 4.35. The molecule has 2 aromatic rings. The molecular formula is C19H17ClN2O5. The zero-order valence-electron chi connectivity index (χ0n) is 14.3. The Bertz CT molecular complexity index is 866. The number of halogens is 1. The van der Waals surface area contributed by atoms with Gasteiger partial charge in [-0.25, -0.2) is 4.79 Å². The molecule has 0 bridgehead atoms. The van der Waals surface area contributed by atoms with Crippen molar-refractivity contribution in [2.24, 2.45) is 0 Å². The zero-order valence-corrected chi connectivity index (χ0v) is 15.1. The topological polar surface area (TPSA) is 89.8 Å². The van der Waals surface area contributed by atoms with Crippen molar-refractivity contribution in [3.63, 3.8) is 0 Å². The maximum atomic E-state index is 12.9. The lowest BCUT2D eigenvalue weighted by atomic mass is 10.1. The lowest BCUT2D eigenvalue weighted by Gasteiger charge is -2.23. The molecule has 1 unspecified atom stereocenters. The molecule has 8 heteroatoms. The van der Waals surface area contributed by atoms with Gasteiger partial charge in [-0.15, -0.1) is 0 Å². The van der Waals surface area contributed by atoms with Gasteiger partial charge in [0.25, 0.3) is 11.6 Å². The van der Waals surface area contributed by atoms with Crippen LogP contribution in [0.3, 0.4) is 0 Å². The molecule has 0 saturated carbocycles. The van der Waals surface area contributed by atoms with Crippen LogP contribution in [0.1, 0.15) is 34.9 Å². The number of carbonyl (C=O) groups excluding carboxylic acids is 2. The van der Waals surface area contributed by atoms with Gasteiger partial charge in [-0.2, -0.15) is 0 Å². The summed E-state index contributed by atoms with van der Waals surface area (Å²) in [6, 6.07) is 12.2. The monoisotopic (exact) mass is 388 g/mol. The summed E-state index contributed by atoms with van der Waals surface area (Å²) < 4.78 is 5.48. The highest BCUT2D eigenvalue weighted by atomic mass is 35.5. The number of non-ortho nitro benzene ring substituents is 1. The Kier molecular flexibility index (Phi) is 5.71. The van der Waals surface area contributed by atoms with Crippen LogP contribution in [0, 0.1) is 10.1 Å². The number of nitro groups is 1. The zero-order chi connectivity index (χ0) is 19.4. The third-order valence-corrected chi connectivity index (χ3v) is 4.68. The Morgan fingerprint density at radius 3 is 2.41 bits per heavy atom. The van der Waals surface area contributed by atoms with Gasteiger partial charge in [-0.3, -0.25) is 14.9 Å². The van der Waals surface area contributed by atoms with Crippen LogP contribution in [0.5, 0.6) is 0 Å². The normalized spacial score (nSPS) is 14.6. The predicted octanol–water partition coefficient (Wildman–Crippen LogP) is 3.77. The lowest BCUT2D eigenvalue weighted by molar-refractivity contribution is -0.384. The van der Waals surface area contributed by atoms with Gasteiger partial charge in [0.05, 0.1) is 15.5 Å². The van der Waals surface area contributed by atoms with Gasteiger partial charge < -0.3 is 9.64 Å². The van der Waals surface area contributed by atoms with E-state index >= 15 is 0 Å². The van der Waals surface area contributed by atoms with E-state index in [1.807, 2.05) is 0 Å². The van der Waals surface area contributed by atoms with Crippen molar-refractivity contribution in [2.45, 2.75) is 18.9 Å². The quantitative estimate of drug-likeness (QED) is 0.442. The molecule has 0 aliphatic carbocycles. The molecular weight excluding hydrogens is 372 g/mol. The van der Waals surface area contributed by atoms with Crippen LogP contribution in [0.2, 0.25) is 5.02 Å². The molecule has 1 atom stereocenters. The van der Waals surface area contributed by atoms with E-state index in [2.05, 4.69) is 0 Å². The molecule has 0 N–H and O–H groups in total. The van der Waals surface area contributed by atoms with E-state index in [1.165, 1.54) is 12.1 Å². The van der Waals surface area contributed by atoms with Crippen LogP contribution in [0.4, 0.5) is 5.69 Å². The average molecular weight is 389 g/mol. The number of likely N-dealkylation sites (tertiary alicyclic amines) is 1. The molecule has 1 aliphatic rings. The summed E-state index contributed by atoms with van der Waals surface area (Å²) in [5, 5.41) is 11.0. The predicted molar refractivity (Wildman–Crippen MR) is 98.5 cm³/mol. The molecule has 0 radical (unpaired) electrons. The van der Waals surface area contributed by atoms with E-state index in [0.717, 1.165) is 18.9 Å². The maximum absolute atomic E-state index is 12.9. The minimum atomic E-state index is -1.13. The molecule has 1 aliphatic heterocycles. The summed E-state index contributed by atoms with van der Waals surface area (Å²) in [5.74, 6) is -1.20. The largest absolute Gasteiger partial charge is 0.444 e. The molecule has 1 heterocycles. The smallest absolute Gasteiger partial charge is 0.341 e. The fraction of sp³-hybridized carbons (Fsp3) is 0.263. The fourth-order valence-electron chi connectivity index (χ4n) is 2.95. The number of hydrogen-bond acceptors (Lipinski definition) is 5. The number of nitro benzene ring substituents is 1. The molecule has 27 heavy (non-hydrogen) atoms. The standard InChI is InChI=1S/C19H17ClN2O5/c20-16-9-8-14(22(25)26)12-15(16)19(24)27-17(13-6-2-1-3-7-13)18(23)21-10-4-5-11-21/h1-3,6-9,12,17H,4-5,10-11H2. The molecule has 1 amide bonds. The lowest BCUT2D eigenvalue weighted by Crippen LogP contribution is -2.34. The van der Waals surface area contributed by atoms with Crippen LogP contribution < -0.4 is 0 Å². The molecule has 0 spiro atoms. The number of ether oxygens (including phenoxy) is 1. The highest BCUT2D eigenvalue weighted by Gasteiger charge is 2.32. The summed E-state index contributed by atoms with van der Waals surface area (Å²) >= 11 is 6.01. The number of rotatable bonds is 5. The number of nitrogens with zero attached hydrogens (tertiary/aromatic N) is 2. The second-order valence-corrected chi connectivity index (χ2v) is 6.56. The van der Waals surface area contributed by atoms with E-state index in [4.69, 9.17) is 16.3 Å². The van der Waals surface area contributed by atoms with Crippen LogP contribution in [0.25, 0.3) is 0 Å². The number of amides is 1. The minimum absolute atomic E-state index is 0.0195. The van der Waals surface area contributed by atoms with Gasteiger partial charge in [0.2, 0.25) is 6.10 Å². The minimum Gasteiger partial charge on any atom is -0.444 e. The van der Waals surface area contributed by atoms with E-state index in [1.54, 1.807) is 35.2 Å². The summed E-state index contributed by atoms with van der Waals surface area (Å²) in [5.41, 5.74) is 0.0961. The van der Waals surface area contributed by atoms with Gasteiger partial charge in [-0.1, -0.05) is 41.9 Å². The molecule has 7 nitrogen and oxygen atoms in total. The van der Waals surface area contributed by atoms with Gasteiger partial charge in [0.1, 0.15) is 0 Å². The van der Waals surface area contributed by atoms with E-state index in [0.29, 0.717) is 18.7 Å². The van der Waals surface area contributed by atoms with Crippen LogP contribution in [-0.2, 0) is 9.53 Å². The van der Waals surface area contributed by atoms with Crippen molar-refractivity contribution >= 4 is 29.2 Å². The number of benzene rings is 2. The van der Waals surface area contributed by atoms with Crippen LogP contribution in [0.15, 0.2) is 48.5 Å². The number of hydrogen-bond donors (Lipinski definition) is 0. The first kappa shape index (κ1) is 18.8. The van der Waals surface area contributed by atoms with Crippen LogP contribution in [-0.4, -0.2) is 34.8 Å². The van der Waals surface area contributed by atoms with E-state index < -0.39 is 17.0 Å². The first-order chi connectivity index (χ1) is 13.0. The molecule has 0 aromatic heterocycles. The maximum Gasteiger partial charge on any atom is 0.341 e. The summed E-state index contributed by atoms with van der Waals surface area (Å²) in [7, 11) is 0. The second kappa shape index (κ2) is 8.18. The van der Waals surface area contributed by atoms with Crippen molar-refractivity contribution in [1.82, 2.24) is 4.90 Å². The molecule has 3 rings (SSSR count). The van der Waals surface area contributed by atoms with Crippen molar-refractivity contribution in [3.8, 4) is 0 Å².